The molecule has 2 saturated heterocycles. The van der Waals surface area contributed by atoms with E-state index in [0.717, 1.165) is 23.3 Å². The second kappa shape index (κ2) is 9.55. The number of nitro groups is 1. The third-order valence-corrected chi connectivity index (χ3v) is 6.49. The predicted molar refractivity (Wildman–Crippen MR) is 122 cm³/mol. The number of amides is 2. The van der Waals surface area contributed by atoms with Gasteiger partial charge < -0.3 is 14.7 Å². The summed E-state index contributed by atoms with van der Waals surface area (Å²) in [6.07, 6.45) is -4.55. The van der Waals surface area contributed by atoms with Gasteiger partial charge in [0.1, 0.15) is 5.69 Å². The van der Waals surface area contributed by atoms with Gasteiger partial charge in [0.05, 0.1) is 16.4 Å². The summed E-state index contributed by atoms with van der Waals surface area (Å²) in [6, 6.07) is 10.3. The molecule has 1 atom stereocenters. The lowest BCUT2D eigenvalue weighted by atomic mass is 10.1. The van der Waals surface area contributed by atoms with Gasteiger partial charge in [0.25, 0.3) is 5.69 Å². The summed E-state index contributed by atoms with van der Waals surface area (Å²) >= 11 is 0. The summed E-state index contributed by atoms with van der Waals surface area (Å²) < 4.78 is 38.9. The number of carbonyl (C=O) groups is 2. The number of rotatable bonds is 5. The average molecular weight is 490 g/mol. The highest BCUT2D eigenvalue weighted by Crippen LogP contribution is 2.37. The Morgan fingerprint density at radius 2 is 1.74 bits per heavy atom. The highest BCUT2D eigenvalue weighted by molar-refractivity contribution is 5.89. The van der Waals surface area contributed by atoms with Gasteiger partial charge in [-0.05, 0) is 24.6 Å². The Balaban J connectivity index is 1.37. The molecule has 0 spiro atoms. The Morgan fingerprint density at radius 3 is 2.34 bits per heavy atom. The first kappa shape index (κ1) is 24.5. The van der Waals surface area contributed by atoms with E-state index in [1.165, 1.54) is 0 Å². The van der Waals surface area contributed by atoms with E-state index in [0.29, 0.717) is 19.2 Å². The number of benzene rings is 2. The molecule has 2 fully saturated rings. The van der Waals surface area contributed by atoms with Crippen LogP contribution in [0.2, 0.25) is 0 Å². The molecule has 8 nitrogen and oxygen atoms in total. The molecule has 1 unspecified atom stereocenters. The second-order valence-electron chi connectivity index (χ2n) is 8.93. The summed E-state index contributed by atoms with van der Waals surface area (Å²) in [5.74, 6) is -0.686. The van der Waals surface area contributed by atoms with Crippen molar-refractivity contribution in [3.8, 4) is 0 Å². The Hall–Kier alpha value is -3.63. The van der Waals surface area contributed by atoms with E-state index in [1.807, 2.05) is 31.2 Å². The highest BCUT2D eigenvalue weighted by Gasteiger charge is 2.38. The van der Waals surface area contributed by atoms with Crippen LogP contribution in [0.1, 0.15) is 23.1 Å². The Morgan fingerprint density at radius 1 is 1.09 bits per heavy atom. The molecule has 2 aromatic rings. The number of nitro benzene ring substituents is 1. The Bertz CT molecular complexity index is 1130. The number of anilines is 1. The van der Waals surface area contributed by atoms with E-state index in [1.54, 1.807) is 14.7 Å². The third kappa shape index (κ3) is 5.39. The normalized spacial score (nSPS) is 18.8. The minimum atomic E-state index is -4.68. The molecule has 35 heavy (non-hydrogen) atoms. The summed E-state index contributed by atoms with van der Waals surface area (Å²) in [4.78, 5) is 41.0. The van der Waals surface area contributed by atoms with Gasteiger partial charge in [-0.25, -0.2) is 0 Å². The molecular formula is C24H25F3N4O4. The molecule has 2 aromatic carbocycles. The first-order valence-electron chi connectivity index (χ1n) is 11.3. The zero-order chi connectivity index (χ0) is 25.3. The van der Waals surface area contributed by atoms with Crippen LogP contribution in [-0.2, 0) is 22.3 Å². The molecule has 2 amide bonds. The van der Waals surface area contributed by atoms with Crippen LogP contribution in [-0.4, -0.2) is 59.3 Å². The maximum atomic E-state index is 13.1. The van der Waals surface area contributed by atoms with Gasteiger partial charge >= 0.3 is 6.18 Å². The number of halogens is 3. The van der Waals surface area contributed by atoms with Gasteiger partial charge in [-0.2, -0.15) is 13.2 Å². The fraction of sp³-hybridized carbons (Fsp3) is 0.417. The summed E-state index contributed by atoms with van der Waals surface area (Å²) in [7, 11) is 0. The van der Waals surface area contributed by atoms with Crippen LogP contribution in [0.3, 0.4) is 0 Å². The largest absolute Gasteiger partial charge is 0.416 e. The van der Waals surface area contributed by atoms with E-state index in [-0.39, 0.29) is 50.1 Å². The molecule has 11 heteroatoms. The maximum Gasteiger partial charge on any atom is 0.416 e. The van der Waals surface area contributed by atoms with Crippen LogP contribution >= 0.6 is 0 Å². The zero-order valence-corrected chi connectivity index (χ0v) is 19.1. The van der Waals surface area contributed by atoms with Gasteiger partial charge in [-0.15, -0.1) is 0 Å². The number of carbonyl (C=O) groups excluding carboxylic acids is 2. The monoisotopic (exact) mass is 490 g/mol. The number of aryl methyl sites for hydroxylation is 1. The van der Waals surface area contributed by atoms with Crippen molar-refractivity contribution in [3.63, 3.8) is 0 Å². The summed E-state index contributed by atoms with van der Waals surface area (Å²) in [6.45, 7) is 3.76. The quantitative estimate of drug-likeness (QED) is 0.472. The highest BCUT2D eigenvalue weighted by atomic mass is 19.4. The lowest BCUT2D eigenvalue weighted by Gasteiger charge is -2.36. The standard InChI is InChI=1S/C24H25F3N4O4/c1-16-2-4-17(5-3-16)14-30-15-18(12-22(30)32)23(33)29-10-8-28(9-11-29)20-7-6-19(24(25,26)27)13-21(20)31(34)35/h2-7,13,18H,8-12,14-15H2,1H3. The number of alkyl halides is 3. The van der Waals surface area contributed by atoms with Crippen LogP contribution in [0.5, 0.6) is 0 Å². The molecule has 186 valence electrons. The molecule has 2 heterocycles. The molecule has 0 saturated carbocycles. The molecule has 2 aliphatic rings. The molecule has 0 N–H and O–H groups in total. The Kier molecular flexibility index (Phi) is 6.68. The van der Waals surface area contributed by atoms with Crippen LogP contribution in [0.25, 0.3) is 0 Å². The van der Waals surface area contributed by atoms with Crippen molar-refractivity contribution in [3.05, 3.63) is 69.3 Å². The topological polar surface area (TPSA) is 87.0 Å². The zero-order valence-electron chi connectivity index (χ0n) is 19.1. The Labute approximate surface area is 200 Å². The van der Waals surface area contributed by atoms with Crippen LogP contribution in [0.4, 0.5) is 24.5 Å². The van der Waals surface area contributed by atoms with Crippen molar-refractivity contribution >= 4 is 23.2 Å². The molecule has 4 rings (SSSR count). The van der Waals surface area contributed by atoms with Crippen molar-refractivity contribution in [1.82, 2.24) is 9.80 Å². The SMILES string of the molecule is Cc1ccc(CN2CC(C(=O)N3CCN(c4ccc(C(F)(F)F)cc4[N+](=O)[O-])CC3)CC2=O)cc1. The number of likely N-dealkylation sites (tertiary alicyclic amines) is 1. The molecule has 0 aliphatic carbocycles. The second-order valence-corrected chi connectivity index (χ2v) is 8.93. The van der Waals surface area contributed by atoms with Crippen LogP contribution < -0.4 is 4.90 Å². The fourth-order valence-electron chi connectivity index (χ4n) is 4.54. The van der Waals surface area contributed by atoms with E-state index >= 15 is 0 Å². The van der Waals surface area contributed by atoms with E-state index in [9.17, 15) is 32.9 Å². The van der Waals surface area contributed by atoms with Gasteiger partial charge in [0.15, 0.2) is 0 Å². The smallest absolute Gasteiger partial charge is 0.362 e. The minimum Gasteiger partial charge on any atom is -0.362 e. The first-order chi connectivity index (χ1) is 16.5. The number of piperazine rings is 1. The van der Waals surface area contributed by atoms with E-state index < -0.39 is 28.3 Å². The van der Waals surface area contributed by atoms with Crippen molar-refractivity contribution in [2.75, 3.05) is 37.6 Å². The van der Waals surface area contributed by atoms with Crippen molar-refractivity contribution in [1.29, 1.82) is 0 Å². The van der Waals surface area contributed by atoms with Gasteiger partial charge in [-0.1, -0.05) is 29.8 Å². The lowest BCUT2D eigenvalue weighted by molar-refractivity contribution is -0.384. The molecule has 0 radical (unpaired) electrons. The van der Waals surface area contributed by atoms with Crippen LogP contribution in [0, 0.1) is 23.0 Å². The minimum absolute atomic E-state index is 0.0806. The van der Waals surface area contributed by atoms with Gasteiger partial charge in [0, 0.05) is 51.8 Å². The predicted octanol–water partition coefficient (Wildman–Crippen LogP) is 3.62. The van der Waals surface area contributed by atoms with Crippen molar-refractivity contribution < 1.29 is 27.7 Å². The molecule has 0 bridgehead atoms. The third-order valence-electron chi connectivity index (χ3n) is 6.49. The van der Waals surface area contributed by atoms with Gasteiger partial charge in [-0.3, -0.25) is 19.7 Å². The number of nitrogens with zero attached hydrogens (tertiary/aromatic N) is 4. The first-order valence-corrected chi connectivity index (χ1v) is 11.3. The van der Waals surface area contributed by atoms with Crippen LogP contribution in [0.15, 0.2) is 42.5 Å². The van der Waals surface area contributed by atoms with E-state index in [2.05, 4.69) is 0 Å². The lowest BCUT2D eigenvalue weighted by Crippen LogP contribution is -2.50. The average Bonchev–Trinajstić information content (AvgIpc) is 3.19. The number of hydrogen-bond donors (Lipinski definition) is 0. The molecule has 0 aromatic heterocycles. The summed E-state index contributed by atoms with van der Waals surface area (Å²) in [5, 5.41) is 11.4. The van der Waals surface area contributed by atoms with Crippen molar-refractivity contribution in [2.24, 2.45) is 5.92 Å². The summed E-state index contributed by atoms with van der Waals surface area (Å²) in [5.41, 5.74) is 0.505. The molecule has 2 aliphatic heterocycles. The number of hydrogen-bond acceptors (Lipinski definition) is 5. The maximum absolute atomic E-state index is 13.1. The van der Waals surface area contributed by atoms with Gasteiger partial charge in [0.2, 0.25) is 11.8 Å². The van der Waals surface area contributed by atoms with E-state index in [4.69, 9.17) is 0 Å². The fourth-order valence-corrected chi connectivity index (χ4v) is 4.54. The molecular weight excluding hydrogens is 465 g/mol. The van der Waals surface area contributed by atoms with Crippen molar-refractivity contribution in [2.45, 2.75) is 26.1 Å².